The van der Waals surface area contributed by atoms with Crippen molar-refractivity contribution in [2.24, 2.45) is 0 Å². The van der Waals surface area contributed by atoms with Crippen LogP contribution in [0.1, 0.15) is 19.8 Å². The van der Waals surface area contributed by atoms with Crippen molar-refractivity contribution >= 4 is 0 Å². The van der Waals surface area contributed by atoms with Gasteiger partial charge in [-0.05, 0) is 19.9 Å². The van der Waals surface area contributed by atoms with Crippen molar-refractivity contribution in [2.45, 2.75) is 37.5 Å². The largest absolute Gasteiger partial charge is 0.311 e. The van der Waals surface area contributed by atoms with Crippen LogP contribution in [0.5, 0.6) is 0 Å². The second-order valence-corrected chi connectivity index (χ2v) is 4.16. The summed E-state index contributed by atoms with van der Waals surface area (Å²) in [6.07, 6.45) is 1.40. The molecule has 0 spiro atoms. The number of hydrogen-bond donors (Lipinski definition) is 1. The molecule has 0 aromatic carbocycles. The van der Waals surface area contributed by atoms with E-state index in [9.17, 15) is 5.11 Å². The Bertz CT molecular complexity index is 185. The van der Waals surface area contributed by atoms with Gasteiger partial charge < -0.3 is 5.32 Å². The van der Waals surface area contributed by atoms with E-state index in [1.807, 2.05) is 6.92 Å². The Labute approximate surface area is 73.8 Å². The van der Waals surface area contributed by atoms with E-state index in [4.69, 9.17) is 0 Å². The van der Waals surface area contributed by atoms with Gasteiger partial charge in [-0.15, -0.1) is 0 Å². The van der Waals surface area contributed by atoms with Crippen molar-refractivity contribution in [3.63, 3.8) is 0 Å². The smallest absolute Gasteiger partial charge is 0.112 e. The zero-order valence-corrected chi connectivity index (χ0v) is 7.84. The minimum absolute atomic E-state index is 0.0561. The molecule has 3 heteroatoms. The van der Waals surface area contributed by atoms with E-state index >= 15 is 0 Å². The number of piperazine rings is 1. The van der Waals surface area contributed by atoms with E-state index in [1.165, 1.54) is 0 Å². The summed E-state index contributed by atoms with van der Waals surface area (Å²) < 4.78 is 0. The molecule has 1 radical (unpaired) electrons. The lowest BCUT2D eigenvalue weighted by molar-refractivity contribution is -0.0380. The fraction of sp³-hybridized carbons (Fsp3) is 1.00. The van der Waals surface area contributed by atoms with Gasteiger partial charge >= 0.3 is 0 Å². The van der Waals surface area contributed by atoms with Crippen LogP contribution in [0.4, 0.5) is 0 Å². The van der Waals surface area contributed by atoms with Crippen LogP contribution in [0.2, 0.25) is 0 Å². The summed E-state index contributed by atoms with van der Waals surface area (Å²) in [6, 6.07) is 0.581. The molecule has 2 aliphatic heterocycles. The number of fused-ring (bicyclic) bond motifs is 2. The summed E-state index contributed by atoms with van der Waals surface area (Å²) in [6.45, 7) is 3.95. The van der Waals surface area contributed by atoms with Gasteiger partial charge in [0.15, 0.2) is 0 Å². The first-order valence-corrected chi connectivity index (χ1v) is 4.79. The fourth-order valence-corrected chi connectivity index (χ4v) is 2.70. The summed E-state index contributed by atoms with van der Waals surface area (Å²) in [5, 5.41) is 15.2. The molecule has 2 aliphatic rings. The Hall–Kier alpha value is -0.120. The quantitative estimate of drug-likeness (QED) is 0.642. The first kappa shape index (κ1) is 8.48. The molecule has 3 atom stereocenters. The first-order chi connectivity index (χ1) is 5.69. The highest BCUT2D eigenvalue weighted by molar-refractivity contribution is 5.11. The average Bonchev–Trinajstić information content (AvgIpc) is 2.60. The molecular weight excluding hydrogens is 152 g/mol. The standard InChI is InChI=1S/C9H17N2O/c1-3-8(12)9-4-7(10-6-9)5-11(9)2/h7-8,10H,3-6H2,1-2H3. The van der Waals surface area contributed by atoms with E-state index < -0.39 is 6.10 Å². The van der Waals surface area contributed by atoms with Crippen molar-refractivity contribution in [1.29, 1.82) is 0 Å². The molecule has 1 N–H and O–H groups in total. The third-order valence-electron chi connectivity index (χ3n) is 3.52. The molecule has 2 bridgehead atoms. The molecule has 69 valence electrons. The highest BCUT2D eigenvalue weighted by atomic mass is 16.3. The number of likely N-dealkylation sites (tertiary alicyclic amines) is 1. The average molecular weight is 169 g/mol. The summed E-state index contributed by atoms with van der Waals surface area (Å²) in [5.41, 5.74) is -0.0561. The first-order valence-electron chi connectivity index (χ1n) is 4.79. The summed E-state index contributed by atoms with van der Waals surface area (Å²) >= 11 is 0. The molecule has 0 amide bonds. The third kappa shape index (κ3) is 0.934. The Morgan fingerprint density at radius 3 is 2.92 bits per heavy atom. The maximum absolute atomic E-state index is 11.8. The van der Waals surface area contributed by atoms with Crippen LogP contribution in [0.25, 0.3) is 0 Å². The molecule has 2 fully saturated rings. The predicted molar refractivity (Wildman–Crippen MR) is 46.5 cm³/mol. The number of likely N-dealkylation sites (N-methyl/N-ethyl adjacent to an activating group) is 1. The fourth-order valence-electron chi connectivity index (χ4n) is 2.70. The van der Waals surface area contributed by atoms with Crippen LogP contribution < -0.4 is 5.32 Å². The number of nitrogens with one attached hydrogen (secondary N) is 1. The highest BCUT2D eigenvalue weighted by Crippen LogP contribution is 2.36. The van der Waals surface area contributed by atoms with Gasteiger partial charge in [0.25, 0.3) is 0 Å². The van der Waals surface area contributed by atoms with Crippen LogP contribution >= 0.6 is 0 Å². The van der Waals surface area contributed by atoms with Gasteiger partial charge in [0.2, 0.25) is 0 Å². The van der Waals surface area contributed by atoms with Gasteiger partial charge in [-0.3, -0.25) is 4.90 Å². The van der Waals surface area contributed by atoms with Crippen LogP contribution in [-0.4, -0.2) is 42.7 Å². The summed E-state index contributed by atoms with van der Waals surface area (Å²) in [7, 11) is 2.08. The van der Waals surface area contributed by atoms with Gasteiger partial charge in [0.05, 0.1) is 5.54 Å². The van der Waals surface area contributed by atoms with Crippen molar-refractivity contribution in [3.05, 3.63) is 0 Å². The topological polar surface area (TPSA) is 35.2 Å². The van der Waals surface area contributed by atoms with Crippen molar-refractivity contribution in [1.82, 2.24) is 10.2 Å². The van der Waals surface area contributed by atoms with Crippen molar-refractivity contribution in [3.8, 4) is 0 Å². The minimum atomic E-state index is -0.414. The molecule has 0 aromatic rings. The van der Waals surface area contributed by atoms with Gasteiger partial charge in [-0.1, -0.05) is 6.92 Å². The van der Waals surface area contributed by atoms with Gasteiger partial charge in [0.1, 0.15) is 6.10 Å². The van der Waals surface area contributed by atoms with E-state index in [2.05, 4.69) is 17.3 Å². The second-order valence-electron chi connectivity index (χ2n) is 4.16. The molecule has 3 nitrogen and oxygen atoms in total. The maximum atomic E-state index is 11.8. The Kier molecular flexibility index (Phi) is 1.90. The van der Waals surface area contributed by atoms with E-state index in [0.717, 1.165) is 25.9 Å². The van der Waals surface area contributed by atoms with Gasteiger partial charge in [-0.2, -0.15) is 0 Å². The number of rotatable bonds is 2. The van der Waals surface area contributed by atoms with Crippen LogP contribution in [0.3, 0.4) is 0 Å². The molecule has 12 heavy (non-hydrogen) atoms. The molecule has 2 saturated heterocycles. The molecule has 0 aliphatic carbocycles. The summed E-state index contributed by atoms with van der Waals surface area (Å²) in [5.74, 6) is 0. The molecule has 0 aromatic heterocycles. The zero-order valence-electron chi connectivity index (χ0n) is 7.84. The monoisotopic (exact) mass is 169 g/mol. The summed E-state index contributed by atoms with van der Waals surface area (Å²) in [4.78, 5) is 2.26. The second kappa shape index (κ2) is 2.69. The van der Waals surface area contributed by atoms with E-state index in [0.29, 0.717) is 6.04 Å². The van der Waals surface area contributed by atoms with Crippen LogP contribution in [0, 0.1) is 0 Å². The van der Waals surface area contributed by atoms with Crippen molar-refractivity contribution < 1.29 is 5.11 Å². The van der Waals surface area contributed by atoms with Crippen LogP contribution in [-0.2, 0) is 5.11 Å². The van der Waals surface area contributed by atoms with Crippen molar-refractivity contribution in [2.75, 3.05) is 20.1 Å². The van der Waals surface area contributed by atoms with Gasteiger partial charge in [0, 0.05) is 19.1 Å². The Balaban J connectivity index is 2.18. The Morgan fingerprint density at radius 2 is 2.50 bits per heavy atom. The highest BCUT2D eigenvalue weighted by Gasteiger charge is 2.53. The molecular formula is C9H17N2O. The predicted octanol–water partition coefficient (Wildman–Crippen LogP) is 0.242. The number of nitrogens with zero attached hydrogens (tertiary/aromatic N) is 1. The lowest BCUT2D eigenvalue weighted by Gasteiger charge is -2.38. The molecule has 3 unspecified atom stereocenters. The van der Waals surface area contributed by atoms with Gasteiger partial charge in [-0.25, -0.2) is 5.11 Å². The normalized spacial score (nSPS) is 43.8. The van der Waals surface area contributed by atoms with Crippen LogP contribution in [0.15, 0.2) is 0 Å². The molecule has 2 heterocycles. The Morgan fingerprint density at radius 1 is 1.75 bits per heavy atom. The lowest BCUT2D eigenvalue weighted by atomic mass is 9.90. The SMILES string of the molecule is CCC([O])C12CNC(CN1C)C2. The van der Waals surface area contributed by atoms with E-state index in [-0.39, 0.29) is 5.54 Å². The molecule has 2 rings (SSSR count). The number of hydrogen-bond acceptors (Lipinski definition) is 2. The molecule has 0 saturated carbocycles. The minimum Gasteiger partial charge on any atom is -0.311 e. The van der Waals surface area contributed by atoms with E-state index in [1.54, 1.807) is 0 Å². The maximum Gasteiger partial charge on any atom is 0.112 e. The lowest BCUT2D eigenvalue weighted by Crippen LogP contribution is -2.56. The zero-order chi connectivity index (χ0) is 8.77. The third-order valence-corrected chi connectivity index (χ3v) is 3.52.